The monoisotopic (exact) mass is 659 g/mol. The first kappa shape index (κ1) is 31.1. The van der Waals surface area contributed by atoms with Gasteiger partial charge in [0.25, 0.3) is 10.0 Å². The van der Waals surface area contributed by atoms with Crippen LogP contribution in [0.1, 0.15) is 49.3 Å². The molecule has 0 heterocycles. The smallest absolute Gasteiger partial charge is 0.264 e. The number of carbonyl (C=O) groups is 2. The number of anilines is 1. The third kappa shape index (κ3) is 7.70. The number of halogens is 2. The summed E-state index contributed by atoms with van der Waals surface area (Å²) in [5.41, 5.74) is 2.67. The number of nitrogens with zero attached hydrogens (tertiary/aromatic N) is 2. The van der Waals surface area contributed by atoms with E-state index in [4.69, 9.17) is 11.6 Å². The molecule has 1 aliphatic rings. The number of rotatable bonds is 10. The molecule has 0 spiro atoms. The number of nitrogens with one attached hydrogen (secondary N) is 1. The first-order valence-corrected chi connectivity index (χ1v) is 16.3. The number of hydrogen-bond donors (Lipinski definition) is 1. The predicted molar refractivity (Wildman–Crippen MR) is 166 cm³/mol. The van der Waals surface area contributed by atoms with Crippen molar-refractivity contribution in [1.29, 1.82) is 0 Å². The number of amides is 2. The molecule has 0 bridgehead atoms. The van der Waals surface area contributed by atoms with Crippen LogP contribution < -0.4 is 9.62 Å². The number of carbonyl (C=O) groups excluding carboxylic acids is 2. The van der Waals surface area contributed by atoms with Crippen molar-refractivity contribution in [1.82, 2.24) is 10.2 Å². The summed E-state index contributed by atoms with van der Waals surface area (Å²) < 4.78 is 30.0. The van der Waals surface area contributed by atoms with Crippen molar-refractivity contribution in [3.05, 3.63) is 92.9 Å². The lowest BCUT2D eigenvalue weighted by molar-refractivity contribution is -0.139. The van der Waals surface area contributed by atoms with Crippen LogP contribution in [0.3, 0.4) is 0 Å². The summed E-state index contributed by atoms with van der Waals surface area (Å²) >= 11 is 9.66. The Labute approximate surface area is 256 Å². The molecule has 4 rings (SSSR count). The van der Waals surface area contributed by atoms with Gasteiger partial charge in [0, 0.05) is 22.1 Å². The Hall–Kier alpha value is -2.88. The number of sulfonamides is 1. The highest BCUT2D eigenvalue weighted by atomic mass is 79.9. The minimum absolute atomic E-state index is 0.0656. The van der Waals surface area contributed by atoms with Gasteiger partial charge in [0.15, 0.2) is 0 Å². The quantitative estimate of drug-likeness (QED) is 0.273. The molecule has 41 heavy (non-hydrogen) atoms. The first-order valence-electron chi connectivity index (χ1n) is 13.7. The Bertz CT molecular complexity index is 1510. The summed E-state index contributed by atoms with van der Waals surface area (Å²) in [5.74, 6) is -0.750. The van der Waals surface area contributed by atoms with Crippen molar-refractivity contribution in [2.24, 2.45) is 0 Å². The normalized spacial score (nSPS) is 14.5. The Morgan fingerprint density at radius 2 is 1.71 bits per heavy atom. The summed E-state index contributed by atoms with van der Waals surface area (Å²) in [6.45, 7) is 4.95. The SMILES string of the molecule is Cc1ccc(S(=O)(=O)N(CC(=O)N(Cc2cccc(Br)c2)[C@H](C)C(=O)NC2CCCC2)c2ccc(Cl)cc2C)cc1. The number of benzene rings is 3. The van der Waals surface area contributed by atoms with Gasteiger partial charge < -0.3 is 10.2 Å². The second-order valence-corrected chi connectivity index (χ2v) is 13.8. The van der Waals surface area contributed by atoms with Gasteiger partial charge in [-0.15, -0.1) is 0 Å². The van der Waals surface area contributed by atoms with Gasteiger partial charge in [0.05, 0.1) is 10.6 Å². The van der Waals surface area contributed by atoms with Crippen LogP contribution in [0.4, 0.5) is 5.69 Å². The van der Waals surface area contributed by atoms with E-state index in [1.54, 1.807) is 44.2 Å². The molecular formula is C31H35BrClN3O4S. The van der Waals surface area contributed by atoms with Crippen LogP contribution in [-0.4, -0.2) is 43.8 Å². The van der Waals surface area contributed by atoms with Crippen molar-refractivity contribution in [2.45, 2.75) is 70.0 Å². The van der Waals surface area contributed by atoms with Gasteiger partial charge in [0.2, 0.25) is 11.8 Å². The topological polar surface area (TPSA) is 86.8 Å². The van der Waals surface area contributed by atoms with E-state index in [2.05, 4.69) is 21.2 Å². The lowest BCUT2D eigenvalue weighted by Crippen LogP contribution is -2.52. The molecule has 3 aromatic carbocycles. The van der Waals surface area contributed by atoms with Crippen LogP contribution in [-0.2, 0) is 26.2 Å². The van der Waals surface area contributed by atoms with Crippen LogP contribution in [0.25, 0.3) is 0 Å². The van der Waals surface area contributed by atoms with Crippen molar-refractivity contribution in [3.8, 4) is 0 Å². The third-order valence-electron chi connectivity index (χ3n) is 7.43. The average Bonchev–Trinajstić information content (AvgIpc) is 3.43. The highest BCUT2D eigenvalue weighted by Gasteiger charge is 2.34. The van der Waals surface area contributed by atoms with Crippen molar-refractivity contribution in [2.75, 3.05) is 10.8 Å². The van der Waals surface area contributed by atoms with Crippen molar-refractivity contribution in [3.63, 3.8) is 0 Å². The highest BCUT2D eigenvalue weighted by Crippen LogP contribution is 2.30. The maximum atomic E-state index is 14.1. The zero-order valence-corrected chi connectivity index (χ0v) is 26.6. The average molecular weight is 661 g/mol. The van der Waals surface area contributed by atoms with Gasteiger partial charge >= 0.3 is 0 Å². The molecule has 2 amide bonds. The Kier molecular flexibility index (Phi) is 10.2. The van der Waals surface area contributed by atoms with E-state index in [1.165, 1.54) is 17.0 Å². The van der Waals surface area contributed by atoms with Crippen LogP contribution in [0.15, 0.2) is 76.1 Å². The minimum atomic E-state index is -4.14. The second kappa shape index (κ2) is 13.4. The van der Waals surface area contributed by atoms with E-state index in [1.807, 2.05) is 31.2 Å². The lowest BCUT2D eigenvalue weighted by atomic mass is 10.1. The Morgan fingerprint density at radius 3 is 2.34 bits per heavy atom. The van der Waals surface area contributed by atoms with E-state index < -0.39 is 28.5 Å². The van der Waals surface area contributed by atoms with Gasteiger partial charge in [-0.05, 0) is 87.2 Å². The molecule has 218 valence electrons. The molecular weight excluding hydrogens is 626 g/mol. The van der Waals surface area contributed by atoms with Gasteiger partial charge in [-0.25, -0.2) is 8.42 Å². The van der Waals surface area contributed by atoms with Crippen LogP contribution in [0.5, 0.6) is 0 Å². The zero-order valence-electron chi connectivity index (χ0n) is 23.4. The number of hydrogen-bond acceptors (Lipinski definition) is 4. The van der Waals surface area contributed by atoms with Gasteiger partial charge in [-0.3, -0.25) is 13.9 Å². The molecule has 7 nitrogen and oxygen atoms in total. The first-order chi connectivity index (χ1) is 19.5. The van der Waals surface area contributed by atoms with Gasteiger partial charge in [0.1, 0.15) is 12.6 Å². The molecule has 1 saturated carbocycles. The fourth-order valence-corrected chi connectivity index (χ4v) is 7.21. The summed E-state index contributed by atoms with van der Waals surface area (Å²) in [6.07, 6.45) is 3.95. The molecule has 0 aromatic heterocycles. The third-order valence-corrected chi connectivity index (χ3v) is 9.93. The molecule has 0 radical (unpaired) electrons. The molecule has 0 unspecified atom stereocenters. The molecule has 1 atom stereocenters. The summed E-state index contributed by atoms with van der Waals surface area (Å²) in [5, 5.41) is 3.54. The summed E-state index contributed by atoms with van der Waals surface area (Å²) in [7, 11) is -4.14. The fraction of sp³-hybridized carbons (Fsp3) is 0.355. The standard InChI is InChI=1S/C31H35BrClN3O4S/c1-21-11-14-28(15-12-21)41(39,40)36(29-16-13-26(33)17-22(29)2)20-30(37)35(19-24-7-6-8-25(32)18-24)23(3)31(38)34-27-9-4-5-10-27/h6-8,11-18,23,27H,4-5,9-10,19-20H2,1-3H3,(H,34,38)/t23-/m1/s1. The molecule has 10 heteroatoms. The van der Waals surface area contributed by atoms with Gasteiger partial charge in [-0.1, -0.05) is 70.2 Å². The second-order valence-electron chi connectivity index (χ2n) is 10.6. The van der Waals surface area contributed by atoms with Gasteiger partial charge in [-0.2, -0.15) is 0 Å². The van der Waals surface area contributed by atoms with E-state index >= 15 is 0 Å². The number of aryl methyl sites for hydroxylation is 2. The predicted octanol–water partition coefficient (Wildman–Crippen LogP) is 6.39. The minimum Gasteiger partial charge on any atom is -0.352 e. The van der Waals surface area contributed by atoms with Crippen molar-refractivity contribution >= 4 is 55.1 Å². The molecule has 1 fully saturated rings. The molecule has 3 aromatic rings. The molecule has 1 N–H and O–H groups in total. The largest absolute Gasteiger partial charge is 0.352 e. The Balaban J connectivity index is 1.71. The van der Waals surface area contributed by atoms with Crippen LogP contribution in [0.2, 0.25) is 5.02 Å². The van der Waals surface area contributed by atoms with E-state index in [0.29, 0.717) is 16.3 Å². The summed E-state index contributed by atoms with van der Waals surface area (Å²) in [6, 6.07) is 18.1. The van der Waals surface area contributed by atoms with Crippen molar-refractivity contribution < 1.29 is 18.0 Å². The maximum absolute atomic E-state index is 14.1. The lowest BCUT2D eigenvalue weighted by Gasteiger charge is -2.33. The van der Waals surface area contributed by atoms with Crippen LogP contribution in [0, 0.1) is 13.8 Å². The molecule has 0 saturated heterocycles. The zero-order chi connectivity index (χ0) is 29.7. The summed E-state index contributed by atoms with van der Waals surface area (Å²) in [4.78, 5) is 29.0. The molecule has 0 aliphatic heterocycles. The highest BCUT2D eigenvalue weighted by molar-refractivity contribution is 9.10. The van der Waals surface area contributed by atoms with E-state index in [-0.39, 0.29) is 23.4 Å². The van der Waals surface area contributed by atoms with Crippen LogP contribution >= 0.6 is 27.5 Å². The molecule has 1 aliphatic carbocycles. The fourth-order valence-electron chi connectivity index (χ4n) is 5.06. The maximum Gasteiger partial charge on any atom is 0.264 e. The Morgan fingerprint density at radius 1 is 1.02 bits per heavy atom. The van der Waals surface area contributed by atoms with E-state index in [9.17, 15) is 18.0 Å². The van der Waals surface area contributed by atoms with E-state index in [0.717, 1.165) is 45.6 Å².